The first kappa shape index (κ1) is 17.6. The fraction of sp³-hybridized carbons (Fsp3) is 0.650. The van der Waals surface area contributed by atoms with Crippen molar-refractivity contribution in [1.29, 1.82) is 5.26 Å². The zero-order chi connectivity index (χ0) is 19.0. The number of piperidine rings is 1. The van der Waals surface area contributed by atoms with E-state index in [1.54, 1.807) is 6.20 Å². The molecule has 4 aliphatic heterocycles. The van der Waals surface area contributed by atoms with Gasteiger partial charge in [0.1, 0.15) is 5.54 Å². The number of carbonyl (C=O) groups is 1. The Morgan fingerprint density at radius 3 is 2.70 bits per heavy atom. The number of morpholine rings is 1. The van der Waals surface area contributed by atoms with Crippen LogP contribution in [0, 0.1) is 11.3 Å². The van der Waals surface area contributed by atoms with Crippen molar-refractivity contribution in [3.05, 3.63) is 22.4 Å². The summed E-state index contributed by atoms with van der Waals surface area (Å²) in [5.41, 5.74) is 0.624. The Bertz CT molecular complexity index is 850. The van der Waals surface area contributed by atoms with Crippen LogP contribution in [0.5, 0.6) is 0 Å². The average Bonchev–Trinajstić information content (AvgIpc) is 2.82. The molecular formula is C20H23BrN4O2. The van der Waals surface area contributed by atoms with Crippen LogP contribution < -0.4 is 4.90 Å². The molecule has 0 aromatic carbocycles. The van der Waals surface area contributed by atoms with Gasteiger partial charge in [-0.25, -0.2) is 0 Å². The predicted molar refractivity (Wildman–Crippen MR) is 103 cm³/mol. The van der Waals surface area contributed by atoms with Crippen molar-refractivity contribution in [2.24, 2.45) is 0 Å². The number of anilines is 1. The third-order valence-corrected chi connectivity index (χ3v) is 7.33. The second kappa shape index (κ2) is 5.76. The molecule has 27 heavy (non-hydrogen) atoms. The van der Waals surface area contributed by atoms with Crippen molar-refractivity contribution in [2.75, 3.05) is 18.1 Å². The summed E-state index contributed by atoms with van der Waals surface area (Å²) in [6, 6.07) is 4.97. The summed E-state index contributed by atoms with van der Waals surface area (Å²) in [5, 5.41) is 10.0. The summed E-state index contributed by atoms with van der Waals surface area (Å²) in [4.78, 5) is 22.0. The van der Waals surface area contributed by atoms with Crippen LogP contribution in [0.2, 0.25) is 0 Å². The smallest absolute Gasteiger partial charge is 0.239 e. The Morgan fingerprint density at radius 1 is 1.33 bits per heavy atom. The summed E-state index contributed by atoms with van der Waals surface area (Å²) in [6.45, 7) is 5.45. The minimum absolute atomic E-state index is 0.0511. The van der Waals surface area contributed by atoms with Crippen molar-refractivity contribution in [3.63, 3.8) is 0 Å². The summed E-state index contributed by atoms with van der Waals surface area (Å²) >= 11 is 3.48. The fourth-order valence-corrected chi connectivity index (χ4v) is 5.65. The number of hydrogen-bond acceptors (Lipinski definition) is 5. The molecule has 0 spiro atoms. The van der Waals surface area contributed by atoms with E-state index >= 15 is 0 Å². The van der Waals surface area contributed by atoms with Gasteiger partial charge in [-0.05, 0) is 48.7 Å². The molecule has 0 N–H and O–H groups in total. The number of hydrogen-bond donors (Lipinski definition) is 0. The Kier molecular flexibility index (Phi) is 3.75. The van der Waals surface area contributed by atoms with Gasteiger partial charge in [0, 0.05) is 42.1 Å². The number of rotatable bonds is 2. The van der Waals surface area contributed by atoms with Crippen LogP contribution in [0.15, 0.2) is 16.7 Å². The van der Waals surface area contributed by atoms with Gasteiger partial charge in [-0.3, -0.25) is 14.7 Å². The van der Waals surface area contributed by atoms with Gasteiger partial charge in [0.2, 0.25) is 5.91 Å². The fourth-order valence-electron chi connectivity index (χ4n) is 5.34. The Hall–Kier alpha value is -1.49. The largest absolute Gasteiger partial charge is 0.375 e. The molecule has 2 atom stereocenters. The number of fused-ring (bicyclic) bond motifs is 4. The van der Waals surface area contributed by atoms with Crippen molar-refractivity contribution >= 4 is 27.5 Å². The van der Waals surface area contributed by atoms with E-state index in [4.69, 9.17) is 4.74 Å². The standard InChI is InChI=1S/C20H23BrN4O2/c1-19(2)17-16(5-12(21)8-23-17)25(18(19)26)14-6-20(7-14,11-22)24-9-15-4-3-13(24)10-27-15/h5,8,13-15H,3-4,6-7,9-10H2,1-2H3/t13?,14-,15?,20+. The van der Waals surface area contributed by atoms with Crippen LogP contribution in [0.4, 0.5) is 5.69 Å². The van der Waals surface area contributed by atoms with Gasteiger partial charge in [0.15, 0.2) is 0 Å². The van der Waals surface area contributed by atoms with Gasteiger partial charge >= 0.3 is 0 Å². The molecule has 4 fully saturated rings. The summed E-state index contributed by atoms with van der Waals surface area (Å²) in [7, 11) is 0. The number of nitriles is 1. The Morgan fingerprint density at radius 2 is 2.11 bits per heavy atom. The highest BCUT2D eigenvalue weighted by molar-refractivity contribution is 9.10. The van der Waals surface area contributed by atoms with E-state index in [1.807, 2.05) is 24.8 Å². The molecule has 0 radical (unpaired) electrons. The van der Waals surface area contributed by atoms with Crippen LogP contribution in [-0.2, 0) is 14.9 Å². The lowest BCUT2D eigenvalue weighted by molar-refractivity contribution is -0.149. The molecule has 6 nitrogen and oxygen atoms in total. The van der Waals surface area contributed by atoms with Crippen LogP contribution in [-0.4, -0.2) is 52.7 Å². The third-order valence-electron chi connectivity index (χ3n) is 6.90. The van der Waals surface area contributed by atoms with E-state index in [9.17, 15) is 10.1 Å². The van der Waals surface area contributed by atoms with E-state index < -0.39 is 11.0 Å². The molecule has 142 valence electrons. The minimum atomic E-state index is -0.626. The molecule has 1 aromatic heterocycles. The molecule has 3 saturated heterocycles. The van der Waals surface area contributed by atoms with Gasteiger partial charge in [-0.2, -0.15) is 5.26 Å². The van der Waals surface area contributed by atoms with Gasteiger partial charge in [-0.15, -0.1) is 0 Å². The van der Waals surface area contributed by atoms with Gasteiger partial charge in [0.25, 0.3) is 0 Å². The van der Waals surface area contributed by atoms with Gasteiger partial charge in [-0.1, -0.05) is 0 Å². The summed E-state index contributed by atoms with van der Waals surface area (Å²) in [5.74, 6) is 0.0862. The molecule has 1 amide bonds. The van der Waals surface area contributed by atoms with Crippen molar-refractivity contribution in [2.45, 2.75) is 68.7 Å². The number of aromatic nitrogens is 1. The second-order valence-electron chi connectivity index (χ2n) is 8.87. The van der Waals surface area contributed by atoms with Crippen LogP contribution in [0.25, 0.3) is 0 Å². The Labute approximate surface area is 167 Å². The van der Waals surface area contributed by atoms with Crippen LogP contribution >= 0.6 is 15.9 Å². The van der Waals surface area contributed by atoms with Crippen molar-refractivity contribution in [1.82, 2.24) is 9.88 Å². The zero-order valence-corrected chi connectivity index (χ0v) is 17.2. The lowest BCUT2D eigenvalue weighted by Gasteiger charge is -2.58. The number of nitrogens with zero attached hydrogens (tertiary/aromatic N) is 4. The van der Waals surface area contributed by atoms with Crippen molar-refractivity contribution in [3.8, 4) is 6.07 Å². The van der Waals surface area contributed by atoms with Crippen LogP contribution in [0.1, 0.15) is 45.2 Å². The first-order valence-corrected chi connectivity index (χ1v) is 10.4. The number of pyridine rings is 1. The number of ether oxygens (including phenoxy) is 1. The molecule has 2 bridgehead atoms. The average molecular weight is 431 g/mol. The molecule has 5 aliphatic rings. The number of halogens is 1. The monoisotopic (exact) mass is 430 g/mol. The number of carbonyl (C=O) groups excluding carboxylic acids is 1. The number of amides is 1. The highest BCUT2D eigenvalue weighted by Crippen LogP contribution is 2.50. The maximum Gasteiger partial charge on any atom is 0.239 e. The van der Waals surface area contributed by atoms with E-state index in [-0.39, 0.29) is 18.1 Å². The molecule has 5 heterocycles. The maximum absolute atomic E-state index is 13.2. The van der Waals surface area contributed by atoms with Crippen LogP contribution in [0.3, 0.4) is 0 Å². The Balaban J connectivity index is 1.43. The lowest BCUT2D eigenvalue weighted by atomic mass is 9.69. The zero-order valence-electron chi connectivity index (χ0n) is 15.6. The topological polar surface area (TPSA) is 69.5 Å². The van der Waals surface area contributed by atoms with E-state index in [0.717, 1.165) is 41.8 Å². The van der Waals surface area contributed by atoms with Gasteiger partial charge < -0.3 is 9.64 Å². The highest BCUT2D eigenvalue weighted by Gasteiger charge is 2.59. The molecular weight excluding hydrogens is 408 g/mol. The first-order valence-electron chi connectivity index (χ1n) is 9.65. The minimum Gasteiger partial charge on any atom is -0.375 e. The quantitative estimate of drug-likeness (QED) is 0.721. The normalized spacial score (nSPS) is 37.0. The first-order chi connectivity index (χ1) is 12.9. The summed E-state index contributed by atoms with van der Waals surface area (Å²) in [6.07, 6.45) is 5.60. The second-order valence-corrected chi connectivity index (χ2v) is 9.78. The molecule has 2 unspecified atom stereocenters. The lowest BCUT2D eigenvalue weighted by Crippen LogP contribution is -2.70. The third kappa shape index (κ3) is 2.36. The van der Waals surface area contributed by atoms with E-state index in [1.165, 1.54) is 0 Å². The molecule has 1 aromatic rings. The van der Waals surface area contributed by atoms with Gasteiger partial charge in [0.05, 0.1) is 35.6 Å². The molecule has 7 heteroatoms. The molecule has 1 saturated carbocycles. The predicted octanol–water partition coefficient (Wildman–Crippen LogP) is 2.76. The summed E-state index contributed by atoms with van der Waals surface area (Å²) < 4.78 is 6.69. The van der Waals surface area contributed by atoms with E-state index in [0.29, 0.717) is 18.9 Å². The molecule has 6 rings (SSSR count). The van der Waals surface area contributed by atoms with E-state index in [2.05, 4.69) is 31.9 Å². The maximum atomic E-state index is 13.2. The SMILES string of the molecule is CC1(C)C(=O)N([C@H]2C[C@@](C#N)(N3CC4CCC3CO4)C2)c2cc(Br)cnc21. The highest BCUT2D eigenvalue weighted by atomic mass is 79.9. The molecule has 1 aliphatic carbocycles. The van der Waals surface area contributed by atoms with Crippen molar-refractivity contribution < 1.29 is 9.53 Å².